The molecule has 5 rings (SSSR count). The number of ketones is 2. The predicted octanol–water partition coefficient (Wildman–Crippen LogP) is 9.73. The molecule has 2 unspecified atom stereocenters. The molecule has 0 radical (unpaired) electrons. The molecular formula is C39H45F2NO2. The number of aryl methyl sites for hydroxylation is 1. The van der Waals surface area contributed by atoms with Gasteiger partial charge in [-0.3, -0.25) is 14.6 Å². The van der Waals surface area contributed by atoms with Crippen LogP contribution in [0.25, 0.3) is 5.57 Å². The van der Waals surface area contributed by atoms with Gasteiger partial charge in [0.25, 0.3) is 0 Å². The van der Waals surface area contributed by atoms with Gasteiger partial charge in [-0.25, -0.2) is 8.78 Å². The molecule has 0 aromatic heterocycles. The number of allylic oxidation sites excluding steroid dienone is 5. The van der Waals surface area contributed by atoms with Crippen molar-refractivity contribution in [1.29, 1.82) is 0 Å². The van der Waals surface area contributed by atoms with Gasteiger partial charge in [-0.05, 0) is 78.8 Å². The number of fused-ring (bicyclic) bond motifs is 1. The lowest BCUT2D eigenvalue weighted by atomic mass is 9.74. The van der Waals surface area contributed by atoms with Crippen molar-refractivity contribution in [2.24, 2.45) is 28.7 Å². The van der Waals surface area contributed by atoms with Gasteiger partial charge < -0.3 is 0 Å². The Morgan fingerprint density at radius 3 is 2.34 bits per heavy atom. The average molecular weight is 598 g/mol. The van der Waals surface area contributed by atoms with Gasteiger partial charge in [0.05, 0.1) is 5.71 Å². The largest absolute Gasteiger partial charge is 0.299 e. The number of carbonyl (C=O) groups is 2. The molecule has 0 saturated heterocycles. The minimum absolute atomic E-state index is 0.00674. The monoisotopic (exact) mass is 597 g/mol. The van der Waals surface area contributed by atoms with E-state index in [1.165, 1.54) is 12.8 Å². The lowest BCUT2D eigenvalue weighted by Crippen LogP contribution is -2.29. The number of unbranched alkanes of at least 4 members (excludes halogenated alkanes) is 2. The second-order valence-corrected chi connectivity index (χ2v) is 13.0. The van der Waals surface area contributed by atoms with E-state index >= 15 is 0 Å². The minimum Gasteiger partial charge on any atom is -0.299 e. The summed E-state index contributed by atoms with van der Waals surface area (Å²) in [5.74, 6) is 0.886. The van der Waals surface area contributed by atoms with Crippen LogP contribution in [-0.2, 0) is 17.6 Å². The predicted molar refractivity (Wildman–Crippen MR) is 175 cm³/mol. The molecule has 2 aromatic carbocycles. The minimum atomic E-state index is -2.35. The summed E-state index contributed by atoms with van der Waals surface area (Å²) in [7, 11) is 0. The molecule has 1 fully saturated rings. The van der Waals surface area contributed by atoms with Gasteiger partial charge in [0.1, 0.15) is 5.78 Å². The number of Topliss-reactive ketones (excluding diaryl/α,β-unsaturated/α-hetero) is 2. The number of hydrogen-bond donors (Lipinski definition) is 0. The van der Waals surface area contributed by atoms with Crippen LogP contribution in [-0.4, -0.2) is 23.7 Å². The second kappa shape index (κ2) is 14.5. The summed E-state index contributed by atoms with van der Waals surface area (Å²) in [5.41, 5.74) is 7.79. The van der Waals surface area contributed by atoms with Crippen molar-refractivity contribution in [3.63, 3.8) is 0 Å². The molecule has 3 aliphatic rings. The maximum Gasteiger partial charge on any atom is 0.242 e. The van der Waals surface area contributed by atoms with Crippen molar-refractivity contribution in [2.75, 3.05) is 0 Å². The Morgan fingerprint density at radius 1 is 0.955 bits per heavy atom. The molecule has 1 heterocycles. The van der Waals surface area contributed by atoms with Gasteiger partial charge >= 0.3 is 0 Å². The van der Waals surface area contributed by atoms with Crippen LogP contribution in [0.1, 0.15) is 97.8 Å². The molecule has 1 saturated carbocycles. The number of rotatable bonds is 13. The highest BCUT2D eigenvalue weighted by atomic mass is 19.3. The highest BCUT2D eigenvalue weighted by molar-refractivity contribution is 6.13. The van der Waals surface area contributed by atoms with Gasteiger partial charge in [-0.2, -0.15) is 0 Å². The number of alkyl halides is 2. The molecule has 3 nitrogen and oxygen atoms in total. The fourth-order valence-corrected chi connectivity index (χ4v) is 7.14. The maximum absolute atomic E-state index is 13.5. The quantitative estimate of drug-likeness (QED) is 0.170. The molecule has 1 aliphatic heterocycles. The Kier molecular flexibility index (Phi) is 10.6. The van der Waals surface area contributed by atoms with Crippen LogP contribution in [0.3, 0.4) is 0 Å². The van der Waals surface area contributed by atoms with Gasteiger partial charge in [0.15, 0.2) is 5.78 Å². The molecular weight excluding hydrogens is 552 g/mol. The molecule has 44 heavy (non-hydrogen) atoms. The van der Waals surface area contributed by atoms with Crippen molar-refractivity contribution in [3.05, 3.63) is 100 Å². The molecule has 2 aromatic rings. The Balaban J connectivity index is 1.17. The second-order valence-electron chi connectivity index (χ2n) is 13.0. The summed E-state index contributed by atoms with van der Waals surface area (Å²) >= 11 is 0. The molecule has 5 heteroatoms. The average Bonchev–Trinajstić information content (AvgIpc) is 3.46. The van der Waals surface area contributed by atoms with Gasteiger partial charge in [0.2, 0.25) is 6.43 Å². The van der Waals surface area contributed by atoms with Gasteiger partial charge in [-0.15, -0.1) is 0 Å². The third kappa shape index (κ3) is 7.42. The maximum atomic E-state index is 13.5. The summed E-state index contributed by atoms with van der Waals surface area (Å²) < 4.78 is 25.5. The standard InChI is InChI=1S/C39H45F2NO2/c1-4-5-6-8-25(2)38(43)30-16-18-31(19-17-30)39(44)33-20-13-28(21-26(33)3)22-32-9-7-10-34-35(24-42-37(32)34)29-14-11-27(12-15-29)23-36(40)41/h7,9-15,20-21,24-25,30-31,34,36H,4-6,8,16-19,22-23H2,1-3H3. The van der Waals surface area contributed by atoms with E-state index in [0.29, 0.717) is 17.8 Å². The molecule has 232 valence electrons. The molecule has 0 bridgehead atoms. The summed E-state index contributed by atoms with van der Waals surface area (Å²) in [6, 6.07) is 13.5. The number of halogens is 2. The first-order chi connectivity index (χ1) is 21.2. The van der Waals surface area contributed by atoms with E-state index in [1.54, 1.807) is 12.1 Å². The fraction of sp³-hybridized carbons (Fsp3) is 0.462. The zero-order chi connectivity index (χ0) is 31.2. The van der Waals surface area contributed by atoms with E-state index in [-0.39, 0.29) is 35.9 Å². The van der Waals surface area contributed by atoms with E-state index in [9.17, 15) is 18.4 Å². The lowest BCUT2D eigenvalue weighted by molar-refractivity contribution is -0.127. The van der Waals surface area contributed by atoms with E-state index < -0.39 is 6.43 Å². The highest BCUT2D eigenvalue weighted by Gasteiger charge is 2.33. The van der Waals surface area contributed by atoms with E-state index in [1.807, 2.05) is 31.3 Å². The topological polar surface area (TPSA) is 46.5 Å². The Bertz CT molecular complexity index is 1470. The SMILES string of the molecule is CCCCCC(C)C(=O)C1CCC(C(=O)c2ccc(CC3=CC=CC4C(c5ccc(CC(F)F)cc5)=CN=C34)cc2C)CC1. The summed E-state index contributed by atoms with van der Waals surface area (Å²) in [4.78, 5) is 31.3. The van der Waals surface area contributed by atoms with Crippen molar-refractivity contribution < 1.29 is 18.4 Å². The Morgan fingerprint density at radius 2 is 1.66 bits per heavy atom. The molecule has 0 amide bonds. The Hall–Kier alpha value is -3.47. The summed E-state index contributed by atoms with van der Waals surface area (Å²) in [6.07, 6.45) is 14.0. The van der Waals surface area contributed by atoms with Gasteiger partial charge in [-0.1, -0.05) is 93.8 Å². The summed E-state index contributed by atoms with van der Waals surface area (Å²) in [6.45, 7) is 6.28. The molecule has 2 aliphatic carbocycles. The normalized spacial score (nSPS) is 21.9. The molecule has 2 atom stereocenters. The number of hydrogen-bond acceptors (Lipinski definition) is 3. The number of carbonyl (C=O) groups excluding carboxylic acids is 2. The van der Waals surface area contributed by atoms with Gasteiger partial charge in [0, 0.05) is 41.9 Å². The van der Waals surface area contributed by atoms with E-state index in [2.05, 4.69) is 44.2 Å². The fourth-order valence-electron chi connectivity index (χ4n) is 7.14. The first-order valence-electron chi connectivity index (χ1n) is 16.5. The van der Waals surface area contributed by atoms with Crippen LogP contribution < -0.4 is 0 Å². The zero-order valence-corrected chi connectivity index (χ0v) is 26.3. The van der Waals surface area contributed by atoms with Crippen LogP contribution in [0.15, 0.2) is 77.5 Å². The third-order valence-corrected chi connectivity index (χ3v) is 9.76. The van der Waals surface area contributed by atoms with Crippen molar-refractivity contribution >= 4 is 22.9 Å². The third-order valence-electron chi connectivity index (χ3n) is 9.76. The van der Waals surface area contributed by atoms with Crippen LogP contribution in [0.5, 0.6) is 0 Å². The van der Waals surface area contributed by atoms with Crippen LogP contribution in [0, 0.1) is 30.6 Å². The summed E-state index contributed by atoms with van der Waals surface area (Å²) in [5, 5.41) is 0. The van der Waals surface area contributed by atoms with Crippen molar-refractivity contribution in [1.82, 2.24) is 0 Å². The first kappa shape index (κ1) is 31.9. The molecule has 0 spiro atoms. The smallest absolute Gasteiger partial charge is 0.242 e. The zero-order valence-electron chi connectivity index (χ0n) is 26.3. The highest BCUT2D eigenvalue weighted by Crippen LogP contribution is 2.37. The van der Waals surface area contributed by atoms with E-state index in [0.717, 1.165) is 77.6 Å². The molecule has 0 N–H and O–H groups in total. The number of nitrogens with zero attached hydrogens (tertiary/aromatic N) is 1. The van der Waals surface area contributed by atoms with E-state index in [4.69, 9.17) is 4.99 Å². The lowest BCUT2D eigenvalue weighted by Gasteiger charge is -2.29. The first-order valence-corrected chi connectivity index (χ1v) is 16.5. The Labute approximate surface area is 261 Å². The number of benzene rings is 2. The van der Waals surface area contributed by atoms with Crippen LogP contribution in [0.4, 0.5) is 8.78 Å². The van der Waals surface area contributed by atoms with Crippen LogP contribution >= 0.6 is 0 Å². The van der Waals surface area contributed by atoms with Crippen LogP contribution in [0.2, 0.25) is 0 Å². The number of aliphatic imine (C=N–C) groups is 1. The van der Waals surface area contributed by atoms with Crippen molar-refractivity contribution in [2.45, 2.75) is 91.4 Å². The van der Waals surface area contributed by atoms with Crippen molar-refractivity contribution in [3.8, 4) is 0 Å².